The van der Waals surface area contributed by atoms with Crippen LogP contribution in [0.2, 0.25) is 0 Å². The van der Waals surface area contributed by atoms with E-state index in [-0.39, 0.29) is 12.3 Å². The monoisotopic (exact) mass is 441 g/mol. The van der Waals surface area contributed by atoms with Crippen molar-refractivity contribution in [2.75, 3.05) is 7.11 Å². The van der Waals surface area contributed by atoms with Crippen LogP contribution in [0.4, 0.5) is 0 Å². The van der Waals surface area contributed by atoms with Crippen LogP contribution in [-0.4, -0.2) is 27.9 Å². The molecule has 4 aromatic rings. The molecule has 3 unspecified atom stereocenters. The molecule has 0 spiro atoms. The zero-order valence-corrected chi connectivity index (χ0v) is 18.9. The Hall–Kier alpha value is -3.57. The van der Waals surface area contributed by atoms with Gasteiger partial charge in [0.2, 0.25) is 0 Å². The molecule has 0 saturated heterocycles. The molecule has 1 aliphatic carbocycles. The average Bonchev–Trinajstić information content (AvgIpc) is 3.13. The SMILES string of the molecule is COc1cccc(C2(C(=O)O)c3c(n(C)c4ccccc34)C(C)CC2(O)c2ccccc2)c1. The van der Waals surface area contributed by atoms with E-state index in [2.05, 4.69) is 11.5 Å². The van der Waals surface area contributed by atoms with Crippen LogP contribution in [0.1, 0.15) is 41.6 Å². The van der Waals surface area contributed by atoms with Gasteiger partial charge < -0.3 is 19.5 Å². The van der Waals surface area contributed by atoms with E-state index >= 15 is 0 Å². The van der Waals surface area contributed by atoms with E-state index in [4.69, 9.17) is 4.74 Å². The van der Waals surface area contributed by atoms with Gasteiger partial charge >= 0.3 is 5.97 Å². The van der Waals surface area contributed by atoms with Gasteiger partial charge in [0.1, 0.15) is 11.4 Å². The highest BCUT2D eigenvalue weighted by Crippen LogP contribution is 2.59. The Morgan fingerprint density at radius 2 is 1.67 bits per heavy atom. The summed E-state index contributed by atoms with van der Waals surface area (Å²) in [5.41, 5.74) is 0.161. The highest BCUT2D eigenvalue weighted by molar-refractivity contribution is 5.98. The Balaban J connectivity index is 2.01. The molecule has 5 heteroatoms. The molecule has 0 saturated carbocycles. The predicted molar refractivity (Wildman–Crippen MR) is 128 cm³/mol. The fourth-order valence-corrected chi connectivity index (χ4v) is 5.98. The van der Waals surface area contributed by atoms with Crippen LogP contribution < -0.4 is 4.74 Å². The number of para-hydroxylation sites is 1. The molecule has 5 rings (SSSR count). The van der Waals surface area contributed by atoms with Crippen molar-refractivity contribution < 1.29 is 19.7 Å². The van der Waals surface area contributed by atoms with Gasteiger partial charge in [0.15, 0.2) is 5.41 Å². The maximum atomic E-state index is 13.6. The summed E-state index contributed by atoms with van der Waals surface area (Å²) in [6.45, 7) is 2.06. The Labute approximate surface area is 192 Å². The Bertz CT molecular complexity index is 1360. The van der Waals surface area contributed by atoms with Crippen molar-refractivity contribution in [1.29, 1.82) is 0 Å². The van der Waals surface area contributed by atoms with Crippen LogP contribution >= 0.6 is 0 Å². The third-order valence-electron chi connectivity index (χ3n) is 7.29. The topological polar surface area (TPSA) is 71.7 Å². The van der Waals surface area contributed by atoms with Gasteiger partial charge in [-0.1, -0.05) is 67.6 Å². The third-order valence-corrected chi connectivity index (χ3v) is 7.29. The fourth-order valence-electron chi connectivity index (χ4n) is 5.98. The number of aliphatic carboxylic acids is 1. The van der Waals surface area contributed by atoms with Gasteiger partial charge in [-0.2, -0.15) is 0 Å². The Morgan fingerprint density at radius 3 is 2.36 bits per heavy atom. The van der Waals surface area contributed by atoms with E-state index in [1.54, 1.807) is 31.4 Å². The minimum absolute atomic E-state index is 0.0688. The van der Waals surface area contributed by atoms with Crippen LogP contribution in [0.25, 0.3) is 10.9 Å². The zero-order chi connectivity index (χ0) is 23.4. The molecule has 1 heterocycles. The summed E-state index contributed by atoms with van der Waals surface area (Å²) in [6.07, 6.45) is 0.262. The molecule has 0 amide bonds. The lowest BCUT2D eigenvalue weighted by molar-refractivity contribution is -0.156. The molecule has 33 heavy (non-hydrogen) atoms. The van der Waals surface area contributed by atoms with Gasteiger partial charge in [-0.05, 0) is 41.7 Å². The number of aryl methyl sites for hydroxylation is 1. The number of aliphatic hydroxyl groups is 1. The second-order valence-electron chi connectivity index (χ2n) is 8.95. The molecule has 0 radical (unpaired) electrons. The van der Waals surface area contributed by atoms with Gasteiger partial charge in [0.05, 0.1) is 7.11 Å². The van der Waals surface area contributed by atoms with E-state index in [1.807, 2.05) is 61.6 Å². The molecule has 2 N–H and O–H groups in total. The number of carbonyl (C=O) groups is 1. The number of carboxylic acid groups (broad SMARTS) is 1. The van der Waals surface area contributed by atoms with Crippen LogP contribution in [-0.2, 0) is 22.9 Å². The first-order chi connectivity index (χ1) is 15.9. The maximum Gasteiger partial charge on any atom is 0.322 e. The van der Waals surface area contributed by atoms with Crippen molar-refractivity contribution in [1.82, 2.24) is 4.57 Å². The first kappa shape index (κ1) is 21.3. The van der Waals surface area contributed by atoms with Crippen LogP contribution in [0.15, 0.2) is 78.9 Å². The van der Waals surface area contributed by atoms with Crippen molar-refractivity contribution in [2.45, 2.75) is 30.3 Å². The molecule has 3 aromatic carbocycles. The normalized spacial score (nSPS) is 24.4. The maximum absolute atomic E-state index is 13.6. The van der Waals surface area contributed by atoms with E-state index in [0.29, 0.717) is 22.4 Å². The van der Waals surface area contributed by atoms with Crippen molar-refractivity contribution in [3.05, 3.63) is 101 Å². The lowest BCUT2D eigenvalue weighted by atomic mass is 9.54. The summed E-state index contributed by atoms with van der Waals surface area (Å²) >= 11 is 0. The van der Waals surface area contributed by atoms with Crippen LogP contribution in [0.5, 0.6) is 5.75 Å². The van der Waals surface area contributed by atoms with Gasteiger partial charge in [0.25, 0.3) is 0 Å². The number of methoxy groups -OCH3 is 1. The first-order valence-corrected chi connectivity index (χ1v) is 11.1. The predicted octanol–water partition coefficient (Wildman–Crippen LogP) is 4.95. The van der Waals surface area contributed by atoms with Crippen molar-refractivity contribution in [2.24, 2.45) is 7.05 Å². The smallest absolute Gasteiger partial charge is 0.322 e. The van der Waals surface area contributed by atoms with Gasteiger partial charge in [0, 0.05) is 29.2 Å². The quantitative estimate of drug-likeness (QED) is 0.470. The molecular weight excluding hydrogens is 414 g/mol. The van der Waals surface area contributed by atoms with E-state index < -0.39 is 17.0 Å². The van der Waals surface area contributed by atoms with E-state index in [9.17, 15) is 15.0 Å². The number of fused-ring (bicyclic) bond motifs is 3. The molecule has 3 atom stereocenters. The lowest BCUT2D eigenvalue weighted by Crippen LogP contribution is -2.58. The molecule has 1 aliphatic rings. The number of hydrogen-bond acceptors (Lipinski definition) is 3. The molecule has 1 aromatic heterocycles. The molecular formula is C28H27NO4. The van der Waals surface area contributed by atoms with E-state index in [1.165, 1.54) is 0 Å². The molecule has 0 aliphatic heterocycles. The molecule has 0 fully saturated rings. The number of carboxylic acids is 1. The molecule has 0 bridgehead atoms. The minimum atomic E-state index is -1.74. The fraction of sp³-hybridized carbons (Fsp3) is 0.250. The summed E-state index contributed by atoms with van der Waals surface area (Å²) in [6, 6.07) is 24.1. The second kappa shape index (κ2) is 7.49. The summed E-state index contributed by atoms with van der Waals surface area (Å²) in [7, 11) is 3.53. The van der Waals surface area contributed by atoms with Crippen molar-refractivity contribution in [3.8, 4) is 5.75 Å². The van der Waals surface area contributed by atoms with Crippen molar-refractivity contribution in [3.63, 3.8) is 0 Å². The second-order valence-corrected chi connectivity index (χ2v) is 8.95. The van der Waals surface area contributed by atoms with Crippen LogP contribution in [0.3, 0.4) is 0 Å². The highest BCUT2D eigenvalue weighted by atomic mass is 16.5. The van der Waals surface area contributed by atoms with Gasteiger partial charge in [-0.3, -0.25) is 4.79 Å². The van der Waals surface area contributed by atoms with Gasteiger partial charge in [-0.15, -0.1) is 0 Å². The minimum Gasteiger partial charge on any atom is -0.497 e. The number of hydrogen-bond donors (Lipinski definition) is 2. The number of nitrogens with zero attached hydrogens (tertiary/aromatic N) is 1. The van der Waals surface area contributed by atoms with Crippen molar-refractivity contribution >= 4 is 16.9 Å². The zero-order valence-electron chi connectivity index (χ0n) is 18.9. The third kappa shape index (κ3) is 2.72. The summed E-state index contributed by atoms with van der Waals surface area (Å²) < 4.78 is 7.55. The first-order valence-electron chi connectivity index (χ1n) is 11.1. The average molecular weight is 442 g/mol. The Morgan fingerprint density at radius 1 is 1.00 bits per heavy atom. The molecule has 5 nitrogen and oxygen atoms in total. The molecule has 168 valence electrons. The van der Waals surface area contributed by atoms with Gasteiger partial charge in [-0.25, -0.2) is 0 Å². The standard InChI is InChI=1S/C28H27NO4/c1-18-17-27(32,19-10-5-4-6-11-19)28(26(30)31,20-12-9-13-21(16-20)33-3)24-22-14-7-8-15-23(22)29(2)25(18)24/h4-16,18,32H,17H2,1-3H3,(H,30,31). The summed E-state index contributed by atoms with van der Waals surface area (Å²) in [5, 5.41) is 24.5. The number of benzene rings is 3. The number of rotatable bonds is 4. The van der Waals surface area contributed by atoms with E-state index in [0.717, 1.165) is 16.6 Å². The lowest BCUT2D eigenvalue weighted by Gasteiger charge is -2.50. The van der Waals surface area contributed by atoms with Crippen LogP contribution in [0, 0.1) is 0 Å². The number of ether oxygens (including phenoxy) is 1. The largest absolute Gasteiger partial charge is 0.497 e. The number of aromatic nitrogens is 1. The summed E-state index contributed by atoms with van der Waals surface area (Å²) in [5.74, 6) is -0.615. The Kier molecular flexibility index (Phi) is 4.83. The summed E-state index contributed by atoms with van der Waals surface area (Å²) in [4.78, 5) is 13.6. The highest BCUT2D eigenvalue weighted by Gasteiger charge is 2.64.